The maximum absolute atomic E-state index is 10.9. The molecule has 1 aromatic carbocycles. The number of aliphatic hydroxyl groups excluding tert-OH is 2. The summed E-state index contributed by atoms with van der Waals surface area (Å²) < 4.78 is 15.5. The Morgan fingerprint density at radius 2 is 2.12 bits per heavy atom. The smallest absolute Gasteiger partial charge is 0.231 e. The SMILES string of the molecule is O=Cc1cc2c(cc1OCC(O)CO)OCO2. The molecule has 1 unspecified atom stereocenters. The van der Waals surface area contributed by atoms with Crippen LogP contribution < -0.4 is 14.2 Å². The Bertz CT molecular complexity index is 417. The third kappa shape index (κ3) is 2.48. The summed E-state index contributed by atoms with van der Waals surface area (Å²) in [6.45, 7) is -0.395. The summed E-state index contributed by atoms with van der Waals surface area (Å²) in [4.78, 5) is 10.9. The molecule has 92 valence electrons. The van der Waals surface area contributed by atoms with Gasteiger partial charge in [0.1, 0.15) is 18.5 Å². The molecule has 1 aliphatic rings. The van der Waals surface area contributed by atoms with Crippen LogP contribution >= 0.6 is 0 Å². The van der Waals surface area contributed by atoms with Gasteiger partial charge in [-0.1, -0.05) is 0 Å². The van der Waals surface area contributed by atoms with Crippen molar-refractivity contribution in [3.05, 3.63) is 17.7 Å². The summed E-state index contributed by atoms with van der Waals surface area (Å²) >= 11 is 0. The van der Waals surface area contributed by atoms with Gasteiger partial charge in [0.2, 0.25) is 6.79 Å². The van der Waals surface area contributed by atoms with Crippen molar-refractivity contribution in [1.82, 2.24) is 0 Å². The van der Waals surface area contributed by atoms with Gasteiger partial charge in [0, 0.05) is 6.07 Å². The first kappa shape index (κ1) is 11.7. The van der Waals surface area contributed by atoms with Gasteiger partial charge in [-0.05, 0) is 6.07 Å². The summed E-state index contributed by atoms with van der Waals surface area (Å²) in [5, 5.41) is 17.8. The van der Waals surface area contributed by atoms with E-state index in [1.54, 1.807) is 0 Å². The fraction of sp³-hybridized carbons (Fsp3) is 0.364. The third-order valence-corrected chi connectivity index (χ3v) is 2.27. The fourth-order valence-electron chi connectivity index (χ4n) is 1.39. The molecule has 0 saturated heterocycles. The van der Waals surface area contributed by atoms with Crippen LogP contribution in [0.4, 0.5) is 0 Å². The number of hydrogen-bond donors (Lipinski definition) is 2. The summed E-state index contributed by atoms with van der Waals surface area (Å²) in [5.41, 5.74) is 0.305. The molecule has 1 heterocycles. The maximum Gasteiger partial charge on any atom is 0.231 e. The molecule has 0 amide bonds. The minimum Gasteiger partial charge on any atom is -0.490 e. The molecule has 0 aliphatic carbocycles. The topological polar surface area (TPSA) is 85.2 Å². The Balaban J connectivity index is 2.17. The third-order valence-electron chi connectivity index (χ3n) is 2.27. The molecule has 0 aromatic heterocycles. The van der Waals surface area contributed by atoms with E-state index in [2.05, 4.69) is 0 Å². The summed E-state index contributed by atoms with van der Waals surface area (Å²) in [6.07, 6.45) is -0.359. The Morgan fingerprint density at radius 1 is 1.41 bits per heavy atom. The van der Waals surface area contributed by atoms with Crippen molar-refractivity contribution in [2.45, 2.75) is 6.10 Å². The monoisotopic (exact) mass is 240 g/mol. The minimum absolute atomic E-state index is 0.100. The second-order valence-corrected chi connectivity index (χ2v) is 3.51. The van der Waals surface area contributed by atoms with Gasteiger partial charge in [0.25, 0.3) is 0 Å². The average Bonchev–Trinajstić information content (AvgIpc) is 2.81. The van der Waals surface area contributed by atoms with Gasteiger partial charge in [-0.3, -0.25) is 4.79 Å². The zero-order chi connectivity index (χ0) is 12.3. The number of fused-ring (bicyclic) bond motifs is 1. The van der Waals surface area contributed by atoms with E-state index < -0.39 is 12.7 Å². The van der Waals surface area contributed by atoms with Crippen molar-refractivity contribution in [3.8, 4) is 17.2 Å². The first-order valence-corrected chi connectivity index (χ1v) is 5.05. The fourth-order valence-corrected chi connectivity index (χ4v) is 1.39. The standard InChI is InChI=1S/C11H12O6/c12-3-7-1-10-11(17-6-16-10)2-9(7)15-5-8(14)4-13/h1-3,8,13-14H,4-6H2. The van der Waals surface area contributed by atoms with Crippen molar-refractivity contribution in [2.24, 2.45) is 0 Å². The van der Waals surface area contributed by atoms with Gasteiger partial charge in [-0.25, -0.2) is 0 Å². The quantitative estimate of drug-likeness (QED) is 0.702. The van der Waals surface area contributed by atoms with Crippen LogP contribution in [-0.4, -0.2) is 42.6 Å². The average molecular weight is 240 g/mol. The van der Waals surface area contributed by atoms with Crippen molar-refractivity contribution in [1.29, 1.82) is 0 Å². The molecule has 17 heavy (non-hydrogen) atoms. The first-order valence-electron chi connectivity index (χ1n) is 5.05. The van der Waals surface area contributed by atoms with E-state index in [1.807, 2.05) is 0 Å². The van der Waals surface area contributed by atoms with Gasteiger partial charge in [0.05, 0.1) is 12.2 Å². The van der Waals surface area contributed by atoms with E-state index in [1.165, 1.54) is 12.1 Å². The molecule has 0 radical (unpaired) electrons. The number of ether oxygens (including phenoxy) is 3. The highest BCUT2D eigenvalue weighted by molar-refractivity contribution is 5.81. The highest BCUT2D eigenvalue weighted by Crippen LogP contribution is 2.37. The zero-order valence-electron chi connectivity index (χ0n) is 8.96. The van der Waals surface area contributed by atoms with E-state index in [0.717, 1.165) is 0 Å². The van der Waals surface area contributed by atoms with Gasteiger partial charge in [0.15, 0.2) is 17.8 Å². The van der Waals surface area contributed by atoms with Crippen LogP contribution in [0.3, 0.4) is 0 Å². The molecule has 6 nitrogen and oxygen atoms in total. The number of carbonyl (C=O) groups excluding carboxylic acids is 1. The zero-order valence-corrected chi connectivity index (χ0v) is 8.96. The van der Waals surface area contributed by atoms with Crippen molar-refractivity contribution in [3.63, 3.8) is 0 Å². The van der Waals surface area contributed by atoms with Gasteiger partial charge < -0.3 is 24.4 Å². The number of aldehydes is 1. The van der Waals surface area contributed by atoms with E-state index in [9.17, 15) is 4.79 Å². The highest BCUT2D eigenvalue weighted by Gasteiger charge is 2.18. The van der Waals surface area contributed by atoms with Crippen LogP contribution in [0.15, 0.2) is 12.1 Å². The molecule has 0 fully saturated rings. The summed E-state index contributed by atoms with van der Waals surface area (Å²) in [5.74, 6) is 1.27. The molecule has 2 rings (SSSR count). The number of hydrogen-bond acceptors (Lipinski definition) is 6. The van der Waals surface area contributed by atoms with Crippen LogP contribution in [0.1, 0.15) is 10.4 Å². The maximum atomic E-state index is 10.9. The Hall–Kier alpha value is -1.79. The van der Waals surface area contributed by atoms with Gasteiger partial charge >= 0.3 is 0 Å². The second-order valence-electron chi connectivity index (χ2n) is 3.51. The lowest BCUT2D eigenvalue weighted by Gasteiger charge is -2.11. The number of rotatable bonds is 5. The Kier molecular flexibility index (Phi) is 3.46. The summed E-state index contributed by atoms with van der Waals surface area (Å²) in [7, 11) is 0. The molecule has 2 N–H and O–H groups in total. The van der Waals surface area contributed by atoms with Crippen molar-refractivity contribution in [2.75, 3.05) is 20.0 Å². The van der Waals surface area contributed by atoms with Gasteiger partial charge in [-0.15, -0.1) is 0 Å². The van der Waals surface area contributed by atoms with E-state index in [4.69, 9.17) is 24.4 Å². The van der Waals surface area contributed by atoms with Crippen molar-refractivity contribution < 1.29 is 29.2 Å². The van der Waals surface area contributed by atoms with Crippen LogP contribution in [-0.2, 0) is 0 Å². The Morgan fingerprint density at radius 3 is 2.76 bits per heavy atom. The lowest BCUT2D eigenvalue weighted by atomic mass is 10.2. The molecule has 0 saturated carbocycles. The van der Waals surface area contributed by atoms with Gasteiger partial charge in [-0.2, -0.15) is 0 Å². The number of benzene rings is 1. The van der Waals surface area contributed by atoms with E-state index >= 15 is 0 Å². The predicted molar refractivity (Wildman–Crippen MR) is 56.5 cm³/mol. The van der Waals surface area contributed by atoms with E-state index in [0.29, 0.717) is 23.3 Å². The highest BCUT2D eigenvalue weighted by atomic mass is 16.7. The lowest BCUT2D eigenvalue weighted by Crippen LogP contribution is -2.21. The number of aliphatic hydroxyl groups is 2. The first-order chi connectivity index (χ1) is 8.24. The minimum atomic E-state index is -0.986. The molecule has 1 aliphatic heterocycles. The molecule has 0 bridgehead atoms. The molecule has 6 heteroatoms. The van der Waals surface area contributed by atoms with Crippen LogP contribution in [0.2, 0.25) is 0 Å². The molecule has 1 atom stereocenters. The molecule has 0 spiro atoms. The normalized spacial score (nSPS) is 14.5. The number of carbonyl (C=O) groups is 1. The van der Waals surface area contributed by atoms with Crippen LogP contribution in [0.25, 0.3) is 0 Å². The lowest BCUT2D eigenvalue weighted by molar-refractivity contribution is 0.0532. The van der Waals surface area contributed by atoms with E-state index in [-0.39, 0.29) is 19.1 Å². The molecular weight excluding hydrogens is 228 g/mol. The molecular formula is C11H12O6. The molecule has 1 aromatic rings. The Labute approximate surface area is 97.3 Å². The summed E-state index contributed by atoms with van der Waals surface area (Å²) in [6, 6.07) is 3.03. The van der Waals surface area contributed by atoms with Crippen molar-refractivity contribution >= 4 is 6.29 Å². The second kappa shape index (κ2) is 5.03. The van der Waals surface area contributed by atoms with Crippen LogP contribution in [0.5, 0.6) is 17.2 Å². The van der Waals surface area contributed by atoms with Crippen LogP contribution in [0, 0.1) is 0 Å². The predicted octanol–water partition coefficient (Wildman–Crippen LogP) is -0.0402. The largest absolute Gasteiger partial charge is 0.490 e.